The molecule has 3 atom stereocenters. The summed E-state index contributed by atoms with van der Waals surface area (Å²) < 4.78 is 167. The number of amides is 2. The smallest absolute Gasteiger partial charge is 0.421 e. The van der Waals surface area contributed by atoms with Crippen molar-refractivity contribution in [1.29, 1.82) is 0 Å². The summed E-state index contributed by atoms with van der Waals surface area (Å²) in [5, 5.41) is 40.9. The van der Waals surface area contributed by atoms with Crippen LogP contribution in [0.15, 0.2) is 170 Å². The highest BCUT2D eigenvalue weighted by atomic mass is 19.4. The van der Waals surface area contributed by atoms with Crippen LogP contribution in [0, 0.1) is 23.3 Å². The van der Waals surface area contributed by atoms with Crippen LogP contribution in [-0.2, 0) is 21.6 Å². The predicted molar refractivity (Wildman–Crippen MR) is 394 cm³/mol. The third-order valence-electron chi connectivity index (χ3n) is 21.3. The Balaban J connectivity index is 0.000000221. The van der Waals surface area contributed by atoms with Crippen molar-refractivity contribution < 1.29 is 96.7 Å². The van der Waals surface area contributed by atoms with Crippen LogP contribution in [0.5, 0.6) is 0 Å². The van der Waals surface area contributed by atoms with Gasteiger partial charge in [-0.05, 0) is 279 Å². The summed E-state index contributed by atoms with van der Waals surface area (Å²) >= 11 is 0. The second-order valence-electron chi connectivity index (χ2n) is 28.6. The fourth-order valence-electron chi connectivity index (χ4n) is 14.3. The number of alkyl halides is 9. The number of nitrogens with one attached hydrogen (secondary N) is 1. The highest BCUT2D eigenvalue weighted by molar-refractivity contribution is 5.95. The first kappa shape index (κ1) is 89.4. The van der Waals surface area contributed by atoms with Gasteiger partial charge in [0.05, 0.1) is 5.56 Å². The SMILES string of the molecule is C.CCN(C(=O)c1ccc([C@](C)(O)C(F)(F)F)cc1)C1CCC(c2ccc(F)cc2)CC1.CCN(C(=O)c1ccc([C@](C)(O)C(F)(F)F)cc1)C1CCC(c2ccc(F)cc2)CC1.CCNC1CCC(c2ccc(F)cc2)CC1.C[C@](O)(c1ccc(C(=O)O)cc1)C(F)(F)F.O=C1CCC(c2ccc(F)cc2)CC1. The fourth-order valence-corrected chi connectivity index (χ4v) is 14.3. The van der Waals surface area contributed by atoms with E-state index < -0.39 is 46.9 Å². The van der Waals surface area contributed by atoms with Crippen LogP contribution in [0.25, 0.3) is 0 Å². The molecule has 0 aliphatic heterocycles. The lowest BCUT2D eigenvalue weighted by atomic mass is 9.81. The number of benzene rings is 7. The van der Waals surface area contributed by atoms with E-state index in [0.29, 0.717) is 93.3 Å². The third-order valence-corrected chi connectivity index (χ3v) is 21.3. The molecule has 0 bridgehead atoms. The van der Waals surface area contributed by atoms with Gasteiger partial charge in [0.1, 0.15) is 29.1 Å². The first-order chi connectivity index (χ1) is 50.8. The average Bonchev–Trinajstić information content (AvgIpc) is 0.797. The van der Waals surface area contributed by atoms with E-state index in [9.17, 15) is 91.6 Å². The number of carboxylic acids is 1. The molecule has 5 N–H and O–H groups in total. The molecule has 11 rings (SSSR count). The van der Waals surface area contributed by atoms with Gasteiger partial charge in [-0.1, -0.05) is 99.3 Å². The van der Waals surface area contributed by atoms with Crippen molar-refractivity contribution in [2.24, 2.45) is 0 Å². The van der Waals surface area contributed by atoms with Gasteiger partial charge in [0.25, 0.3) is 11.8 Å². The number of nitrogens with zero attached hydrogens (tertiary/aromatic N) is 2. The molecule has 0 radical (unpaired) electrons. The molecule has 109 heavy (non-hydrogen) atoms. The van der Waals surface area contributed by atoms with Gasteiger partial charge in [-0.3, -0.25) is 14.4 Å². The van der Waals surface area contributed by atoms with Crippen LogP contribution >= 0.6 is 0 Å². The minimum absolute atomic E-state index is 0. The summed E-state index contributed by atoms with van der Waals surface area (Å²) in [5.74, 6) is -0.442. The maximum atomic E-state index is 13.2. The molecule has 2 amide bonds. The second-order valence-corrected chi connectivity index (χ2v) is 28.6. The van der Waals surface area contributed by atoms with Gasteiger partial charge in [-0.25, -0.2) is 22.4 Å². The Hall–Kier alpha value is -8.45. The van der Waals surface area contributed by atoms with E-state index in [-0.39, 0.29) is 71.3 Å². The lowest BCUT2D eigenvalue weighted by molar-refractivity contribution is -0.259. The lowest BCUT2D eigenvalue weighted by Crippen LogP contribution is -2.42. The van der Waals surface area contributed by atoms with Crippen molar-refractivity contribution in [2.45, 2.75) is 229 Å². The average molecular weight is 1540 g/mol. The van der Waals surface area contributed by atoms with Crippen molar-refractivity contribution in [3.05, 3.63) is 249 Å². The molecule has 594 valence electrons. The van der Waals surface area contributed by atoms with E-state index in [0.717, 1.165) is 130 Å². The molecule has 4 aliphatic carbocycles. The van der Waals surface area contributed by atoms with Gasteiger partial charge < -0.3 is 35.5 Å². The summed E-state index contributed by atoms with van der Waals surface area (Å²) in [4.78, 5) is 51.1. The van der Waals surface area contributed by atoms with Gasteiger partial charge in [0.15, 0.2) is 16.8 Å². The van der Waals surface area contributed by atoms with E-state index in [1.54, 1.807) is 46.2 Å². The number of aromatic carboxylic acids is 1. The van der Waals surface area contributed by atoms with E-state index in [1.807, 2.05) is 38.1 Å². The minimum Gasteiger partial charge on any atom is -0.478 e. The lowest BCUT2D eigenvalue weighted by Gasteiger charge is -2.36. The molecule has 4 fully saturated rings. The number of rotatable bonds is 16. The van der Waals surface area contributed by atoms with E-state index in [2.05, 4.69) is 12.2 Å². The molecule has 4 aliphatic rings. The number of halogens is 13. The Labute approximate surface area is 630 Å². The molecular weight excluding hydrogens is 1440 g/mol. The molecule has 24 heteroatoms. The molecule has 0 unspecified atom stereocenters. The monoisotopic (exact) mass is 1540 g/mol. The number of carboxylic acid groups (broad SMARTS) is 1. The van der Waals surface area contributed by atoms with Gasteiger partial charge in [0.2, 0.25) is 0 Å². The van der Waals surface area contributed by atoms with Crippen LogP contribution in [0.2, 0.25) is 0 Å². The molecule has 7 aromatic carbocycles. The van der Waals surface area contributed by atoms with Crippen LogP contribution in [0.3, 0.4) is 0 Å². The Morgan fingerprint density at radius 2 is 0.615 bits per heavy atom. The van der Waals surface area contributed by atoms with Crippen molar-refractivity contribution >= 4 is 23.6 Å². The quantitative estimate of drug-likeness (QED) is 0.0592. The second kappa shape index (κ2) is 39.5. The minimum atomic E-state index is -4.81. The predicted octanol–water partition coefficient (Wildman–Crippen LogP) is 20.9. The van der Waals surface area contributed by atoms with Crippen molar-refractivity contribution in [2.75, 3.05) is 19.6 Å². The van der Waals surface area contributed by atoms with Crippen molar-refractivity contribution in [1.82, 2.24) is 15.1 Å². The highest BCUT2D eigenvalue weighted by Crippen LogP contribution is 2.43. The van der Waals surface area contributed by atoms with E-state index >= 15 is 0 Å². The topological polar surface area (TPSA) is 168 Å². The molecule has 0 heterocycles. The van der Waals surface area contributed by atoms with E-state index in [4.69, 9.17) is 5.11 Å². The van der Waals surface area contributed by atoms with Gasteiger partial charge in [0, 0.05) is 55.2 Å². The maximum Gasteiger partial charge on any atom is 0.421 e. The van der Waals surface area contributed by atoms with Crippen LogP contribution in [-0.4, -0.2) is 110 Å². The number of hydrogen-bond donors (Lipinski definition) is 5. The summed E-state index contributed by atoms with van der Waals surface area (Å²) in [6.45, 7) is 9.98. The summed E-state index contributed by atoms with van der Waals surface area (Å²) in [5.41, 5.74) is -4.82. The van der Waals surface area contributed by atoms with Crippen LogP contribution in [0.4, 0.5) is 57.1 Å². The maximum absolute atomic E-state index is 13.2. The van der Waals surface area contributed by atoms with Gasteiger partial charge in [-0.15, -0.1) is 0 Å². The molecule has 0 saturated heterocycles. The number of ketones is 1. The van der Waals surface area contributed by atoms with Crippen molar-refractivity contribution in [3.63, 3.8) is 0 Å². The third kappa shape index (κ3) is 24.3. The Morgan fingerprint density at radius 3 is 0.844 bits per heavy atom. The normalized spacial score (nSPS) is 20.6. The Bertz CT molecular complexity index is 3800. The van der Waals surface area contributed by atoms with Gasteiger partial charge >= 0.3 is 24.5 Å². The Kier molecular flexibility index (Phi) is 32.4. The molecular formula is C85H100F13N3O8. The molecule has 0 aromatic heterocycles. The standard InChI is InChI=1S/2C24H27F4NO2.C14H20FN.C12H13FO.C10H9F3O3.CH4/c2*1-3-29(21-14-8-17(9-15-21)16-6-12-20(25)13-7-16)22(30)18-4-10-19(11-5-18)23(2,31)24(26,27)28;1-2-16-14-9-5-12(6-10-14)11-3-7-13(15)8-4-11;13-11-5-1-9(2-6-11)10-3-7-12(14)8-4-10;1-9(16,10(11,12)13)7-4-2-6(3-5-7)8(14)15;/h2*4-7,10-13,17,21,31H,3,8-9,14-15H2,1-2H3;3-4,7-8,12,14,16H,2,5-6,9-10H2,1H3;1-2,5-6,10H,3-4,7-8H2;2-5,16H,1H3,(H,14,15);1H4/t2*17?,21?,23-;;;9-;/m00..0./s1. The number of aliphatic hydroxyl groups is 3. The number of carbonyl (C=O) groups excluding carboxylic acids is 3. The molecule has 7 aromatic rings. The summed E-state index contributed by atoms with van der Waals surface area (Å²) in [6.07, 6.45) is 0.487. The first-order valence-corrected chi connectivity index (χ1v) is 36.6. The van der Waals surface area contributed by atoms with Crippen LogP contribution < -0.4 is 5.32 Å². The number of hydrogen-bond acceptors (Lipinski definition) is 8. The largest absolute Gasteiger partial charge is 0.478 e. The molecule has 4 saturated carbocycles. The number of Topliss-reactive ketones (excluding diaryl/α,β-unsaturated/α-hetero) is 1. The summed E-state index contributed by atoms with van der Waals surface area (Å²) in [7, 11) is 0. The van der Waals surface area contributed by atoms with Crippen molar-refractivity contribution in [3.8, 4) is 0 Å². The van der Waals surface area contributed by atoms with E-state index in [1.165, 1.54) is 97.5 Å². The highest BCUT2D eigenvalue weighted by Gasteiger charge is 2.53. The zero-order valence-corrected chi connectivity index (χ0v) is 61.4. The summed E-state index contributed by atoms with van der Waals surface area (Å²) in [6, 6.07) is 41.4. The molecule has 11 nitrogen and oxygen atoms in total. The zero-order chi connectivity index (χ0) is 79.5. The van der Waals surface area contributed by atoms with Gasteiger partial charge in [-0.2, -0.15) is 39.5 Å². The van der Waals surface area contributed by atoms with Crippen LogP contribution in [0.1, 0.15) is 245 Å². The molecule has 0 spiro atoms. The first-order valence-electron chi connectivity index (χ1n) is 36.6. The fraction of sp³-hybridized carbons (Fsp3) is 0.459. The zero-order valence-electron chi connectivity index (χ0n) is 61.4. The Morgan fingerprint density at radius 1 is 0.376 bits per heavy atom. The number of carbonyl (C=O) groups is 4.